The van der Waals surface area contributed by atoms with Gasteiger partial charge in [-0.05, 0) is 61.9 Å². The van der Waals surface area contributed by atoms with E-state index in [1.54, 1.807) is 0 Å². The summed E-state index contributed by atoms with van der Waals surface area (Å²) in [5.41, 5.74) is 3.32. The van der Waals surface area contributed by atoms with Crippen molar-refractivity contribution in [2.24, 2.45) is 0 Å². The normalized spacial score (nSPS) is 18.8. The fraction of sp³-hybridized carbons (Fsp3) is 0.500. The number of nitrogens with zero attached hydrogens (tertiary/aromatic N) is 2. The molecule has 0 saturated carbocycles. The van der Waals surface area contributed by atoms with Gasteiger partial charge in [0.25, 0.3) is 0 Å². The van der Waals surface area contributed by atoms with E-state index in [-0.39, 0.29) is 5.91 Å². The molecule has 0 radical (unpaired) electrons. The Kier molecular flexibility index (Phi) is 7.60. The van der Waals surface area contributed by atoms with Crippen LogP contribution in [0.15, 0.2) is 54.6 Å². The molecule has 0 aromatic heterocycles. The standard InChI is InChI=1S/C26H35N3O2/c1-31-25-15-19-29(20-16-25)24-13-17-28(18-14-24)23-10-8-22(9-11-23)27-26(30)12-7-21-5-3-2-4-6-21/h2-6,8-11,24-25H,7,12-20H2,1H3,(H,27,30). The summed E-state index contributed by atoms with van der Waals surface area (Å²) in [5, 5.41) is 3.03. The van der Waals surface area contributed by atoms with Gasteiger partial charge in [-0.25, -0.2) is 0 Å². The quantitative estimate of drug-likeness (QED) is 0.722. The smallest absolute Gasteiger partial charge is 0.224 e. The molecular weight excluding hydrogens is 386 g/mol. The second-order valence-corrected chi connectivity index (χ2v) is 8.77. The lowest BCUT2D eigenvalue weighted by Crippen LogP contribution is -2.48. The van der Waals surface area contributed by atoms with Crippen LogP contribution in [0.2, 0.25) is 0 Å². The van der Waals surface area contributed by atoms with Crippen molar-refractivity contribution >= 4 is 17.3 Å². The van der Waals surface area contributed by atoms with Gasteiger partial charge in [-0.1, -0.05) is 30.3 Å². The highest BCUT2D eigenvalue weighted by Crippen LogP contribution is 2.26. The van der Waals surface area contributed by atoms with Crippen LogP contribution >= 0.6 is 0 Å². The number of rotatable bonds is 7. The first kappa shape index (κ1) is 21.8. The van der Waals surface area contributed by atoms with Crippen LogP contribution in [-0.2, 0) is 16.0 Å². The highest BCUT2D eigenvalue weighted by atomic mass is 16.5. The Bertz CT molecular complexity index is 808. The van der Waals surface area contributed by atoms with Gasteiger partial charge in [0.15, 0.2) is 0 Å². The van der Waals surface area contributed by atoms with Crippen molar-refractivity contribution in [3.05, 3.63) is 60.2 Å². The minimum absolute atomic E-state index is 0.0645. The molecule has 2 fully saturated rings. The Labute approximate surface area is 186 Å². The summed E-state index contributed by atoms with van der Waals surface area (Å²) in [6, 6.07) is 19.2. The molecular formula is C26H35N3O2. The van der Waals surface area contributed by atoms with Crippen LogP contribution in [0.3, 0.4) is 0 Å². The number of ether oxygens (including phenoxy) is 1. The summed E-state index contributed by atoms with van der Waals surface area (Å²) < 4.78 is 5.51. The number of methoxy groups -OCH3 is 1. The van der Waals surface area contributed by atoms with E-state index in [0.717, 1.165) is 38.0 Å². The van der Waals surface area contributed by atoms with Crippen LogP contribution in [0.4, 0.5) is 11.4 Å². The van der Waals surface area contributed by atoms with Gasteiger partial charge < -0.3 is 19.9 Å². The first-order chi connectivity index (χ1) is 15.2. The van der Waals surface area contributed by atoms with Crippen LogP contribution in [0.5, 0.6) is 0 Å². The number of hydrogen-bond acceptors (Lipinski definition) is 4. The van der Waals surface area contributed by atoms with Gasteiger partial charge in [-0.3, -0.25) is 4.79 Å². The van der Waals surface area contributed by atoms with Gasteiger partial charge in [0.2, 0.25) is 5.91 Å². The number of aryl methyl sites for hydroxylation is 1. The van der Waals surface area contributed by atoms with E-state index in [1.165, 1.54) is 37.2 Å². The zero-order chi connectivity index (χ0) is 21.5. The minimum atomic E-state index is 0.0645. The zero-order valence-electron chi connectivity index (χ0n) is 18.6. The molecule has 1 amide bonds. The molecule has 5 heteroatoms. The Balaban J connectivity index is 1.21. The molecule has 166 valence electrons. The number of benzene rings is 2. The number of piperidine rings is 2. The second kappa shape index (κ2) is 10.8. The second-order valence-electron chi connectivity index (χ2n) is 8.77. The molecule has 4 rings (SSSR count). The number of carbonyl (C=O) groups excluding carboxylic acids is 1. The lowest BCUT2D eigenvalue weighted by molar-refractivity contribution is -0.116. The minimum Gasteiger partial charge on any atom is -0.381 e. The topological polar surface area (TPSA) is 44.8 Å². The Hall–Kier alpha value is -2.37. The molecule has 2 aliphatic rings. The molecule has 2 saturated heterocycles. The van der Waals surface area contributed by atoms with Gasteiger partial charge in [0.1, 0.15) is 0 Å². The Morgan fingerprint density at radius 3 is 2.26 bits per heavy atom. The van der Waals surface area contributed by atoms with Gasteiger partial charge >= 0.3 is 0 Å². The molecule has 0 spiro atoms. The molecule has 0 unspecified atom stereocenters. The Morgan fingerprint density at radius 1 is 0.935 bits per heavy atom. The summed E-state index contributed by atoms with van der Waals surface area (Å²) in [6.07, 6.45) is 6.48. The fourth-order valence-electron chi connectivity index (χ4n) is 4.85. The average Bonchev–Trinajstić information content (AvgIpc) is 2.84. The Morgan fingerprint density at radius 2 is 1.61 bits per heavy atom. The molecule has 2 aromatic rings. The number of carbonyl (C=O) groups is 1. The van der Waals surface area contributed by atoms with Gasteiger partial charge in [-0.2, -0.15) is 0 Å². The number of amides is 1. The lowest BCUT2D eigenvalue weighted by atomic mass is 9.98. The molecule has 2 aromatic carbocycles. The highest BCUT2D eigenvalue weighted by molar-refractivity contribution is 5.91. The number of anilines is 2. The largest absolute Gasteiger partial charge is 0.381 e. The van der Waals surface area contributed by atoms with Crippen molar-refractivity contribution in [3.8, 4) is 0 Å². The molecule has 0 atom stereocenters. The van der Waals surface area contributed by atoms with E-state index >= 15 is 0 Å². The van der Waals surface area contributed by atoms with E-state index in [2.05, 4.69) is 39.4 Å². The monoisotopic (exact) mass is 421 g/mol. The average molecular weight is 422 g/mol. The number of likely N-dealkylation sites (tertiary alicyclic amines) is 1. The molecule has 5 nitrogen and oxygen atoms in total. The van der Waals surface area contributed by atoms with Crippen LogP contribution in [-0.4, -0.2) is 56.2 Å². The maximum atomic E-state index is 12.3. The van der Waals surface area contributed by atoms with Crippen LogP contribution in [0.25, 0.3) is 0 Å². The number of hydrogen-bond donors (Lipinski definition) is 1. The van der Waals surface area contributed by atoms with E-state index in [1.807, 2.05) is 37.4 Å². The van der Waals surface area contributed by atoms with Crippen LogP contribution in [0.1, 0.15) is 37.7 Å². The maximum Gasteiger partial charge on any atom is 0.224 e. The third-order valence-electron chi connectivity index (χ3n) is 6.79. The molecule has 31 heavy (non-hydrogen) atoms. The van der Waals surface area contributed by atoms with Crippen molar-refractivity contribution < 1.29 is 9.53 Å². The van der Waals surface area contributed by atoms with Crippen molar-refractivity contribution in [1.29, 1.82) is 0 Å². The summed E-state index contributed by atoms with van der Waals surface area (Å²) in [6.45, 7) is 4.53. The zero-order valence-corrected chi connectivity index (χ0v) is 18.6. The third-order valence-corrected chi connectivity index (χ3v) is 6.79. The van der Waals surface area contributed by atoms with Gasteiger partial charge in [0, 0.05) is 57.1 Å². The van der Waals surface area contributed by atoms with Gasteiger partial charge in [0.05, 0.1) is 6.10 Å². The van der Waals surface area contributed by atoms with Crippen LogP contribution in [0, 0.1) is 0 Å². The first-order valence-electron chi connectivity index (χ1n) is 11.7. The SMILES string of the molecule is COC1CCN(C2CCN(c3ccc(NC(=O)CCc4ccccc4)cc3)CC2)CC1. The molecule has 2 aliphatic heterocycles. The summed E-state index contributed by atoms with van der Waals surface area (Å²) in [5.74, 6) is 0.0645. The van der Waals surface area contributed by atoms with E-state index in [0.29, 0.717) is 18.6 Å². The first-order valence-corrected chi connectivity index (χ1v) is 11.7. The fourth-order valence-corrected chi connectivity index (χ4v) is 4.85. The van der Waals surface area contributed by atoms with Crippen molar-refractivity contribution in [2.75, 3.05) is 43.5 Å². The van der Waals surface area contributed by atoms with Crippen molar-refractivity contribution in [2.45, 2.75) is 50.7 Å². The highest BCUT2D eigenvalue weighted by Gasteiger charge is 2.28. The number of nitrogens with one attached hydrogen (secondary N) is 1. The molecule has 1 N–H and O–H groups in total. The predicted molar refractivity (Wildman–Crippen MR) is 127 cm³/mol. The van der Waals surface area contributed by atoms with E-state index in [4.69, 9.17) is 4.74 Å². The predicted octanol–water partition coefficient (Wildman–Crippen LogP) is 4.34. The summed E-state index contributed by atoms with van der Waals surface area (Å²) in [7, 11) is 1.83. The molecule has 2 heterocycles. The third kappa shape index (κ3) is 6.08. The van der Waals surface area contributed by atoms with E-state index < -0.39 is 0 Å². The van der Waals surface area contributed by atoms with Crippen molar-refractivity contribution in [3.63, 3.8) is 0 Å². The van der Waals surface area contributed by atoms with Crippen molar-refractivity contribution in [1.82, 2.24) is 4.90 Å². The van der Waals surface area contributed by atoms with Gasteiger partial charge in [-0.15, -0.1) is 0 Å². The van der Waals surface area contributed by atoms with Crippen LogP contribution < -0.4 is 10.2 Å². The summed E-state index contributed by atoms with van der Waals surface area (Å²) >= 11 is 0. The molecule has 0 bridgehead atoms. The summed E-state index contributed by atoms with van der Waals surface area (Å²) in [4.78, 5) is 17.4. The maximum absolute atomic E-state index is 12.3. The van der Waals surface area contributed by atoms with E-state index in [9.17, 15) is 4.79 Å². The molecule has 0 aliphatic carbocycles. The lowest BCUT2D eigenvalue weighted by Gasteiger charge is -2.42.